The van der Waals surface area contributed by atoms with E-state index in [2.05, 4.69) is 9.97 Å². The van der Waals surface area contributed by atoms with Crippen LogP contribution in [0.2, 0.25) is 0 Å². The number of hydrogen-bond donors (Lipinski definition) is 1. The van der Waals surface area contributed by atoms with Crippen LogP contribution in [0.5, 0.6) is 5.88 Å². The Hall–Kier alpha value is -2.40. The van der Waals surface area contributed by atoms with Crippen molar-refractivity contribution in [1.29, 1.82) is 0 Å². The predicted octanol–water partition coefficient (Wildman–Crippen LogP) is 2.31. The molecule has 1 unspecified atom stereocenters. The van der Waals surface area contributed by atoms with Crippen LogP contribution in [0.15, 0.2) is 47.3 Å². The van der Waals surface area contributed by atoms with Crippen LogP contribution in [0.4, 0.5) is 0 Å². The van der Waals surface area contributed by atoms with E-state index in [-0.39, 0.29) is 0 Å². The third-order valence-corrected chi connectivity index (χ3v) is 2.95. The summed E-state index contributed by atoms with van der Waals surface area (Å²) < 4.78 is 10.5. The van der Waals surface area contributed by atoms with Crippen molar-refractivity contribution in [3.8, 4) is 5.88 Å². The van der Waals surface area contributed by atoms with Gasteiger partial charge in [0.25, 0.3) is 0 Å². The van der Waals surface area contributed by atoms with E-state index in [1.165, 1.54) is 25.8 Å². The number of nitrogens with zero attached hydrogens (tertiary/aromatic N) is 2. The second-order valence-electron chi connectivity index (χ2n) is 4.04. The van der Waals surface area contributed by atoms with Crippen LogP contribution in [-0.4, -0.2) is 22.2 Å². The number of rotatable bonds is 3. The molecule has 0 aliphatic heterocycles. The molecule has 0 amide bonds. The van der Waals surface area contributed by atoms with E-state index in [1.54, 1.807) is 0 Å². The molecule has 1 N–H and O–H groups in total. The van der Waals surface area contributed by atoms with Gasteiger partial charge in [0.2, 0.25) is 5.88 Å². The van der Waals surface area contributed by atoms with Gasteiger partial charge in [-0.05, 0) is 6.07 Å². The lowest BCUT2D eigenvalue weighted by molar-refractivity contribution is 0.208. The Bertz CT molecular complexity index is 708. The Morgan fingerprint density at radius 2 is 2.00 bits per heavy atom. The van der Waals surface area contributed by atoms with Gasteiger partial charge in [0, 0.05) is 23.3 Å². The molecule has 2 aromatic heterocycles. The minimum absolute atomic E-state index is 0.306. The van der Waals surface area contributed by atoms with Gasteiger partial charge in [-0.3, -0.25) is 4.98 Å². The largest absolute Gasteiger partial charge is 0.480 e. The normalized spacial score (nSPS) is 12.5. The summed E-state index contributed by atoms with van der Waals surface area (Å²) in [5.41, 5.74) is 1.74. The van der Waals surface area contributed by atoms with E-state index in [0.717, 1.165) is 11.0 Å². The Kier molecular flexibility index (Phi) is 2.89. The molecule has 0 aliphatic rings. The second-order valence-corrected chi connectivity index (χ2v) is 4.04. The van der Waals surface area contributed by atoms with Gasteiger partial charge in [0.1, 0.15) is 17.4 Å². The summed E-state index contributed by atoms with van der Waals surface area (Å²) in [5.74, 6) is 0.306. The van der Waals surface area contributed by atoms with E-state index < -0.39 is 6.10 Å². The highest BCUT2D eigenvalue weighted by molar-refractivity contribution is 5.81. The number of ether oxygens (including phenoxy) is 1. The molecule has 0 aliphatic carbocycles. The highest BCUT2D eigenvalue weighted by Gasteiger charge is 2.21. The molecule has 0 saturated heterocycles. The average Bonchev–Trinajstić information content (AvgIpc) is 2.90. The highest BCUT2D eigenvalue weighted by Crippen LogP contribution is 2.32. The van der Waals surface area contributed by atoms with E-state index in [0.29, 0.717) is 17.1 Å². The molecule has 3 rings (SSSR count). The highest BCUT2D eigenvalue weighted by atomic mass is 16.5. The van der Waals surface area contributed by atoms with Gasteiger partial charge in [-0.15, -0.1) is 0 Å². The molecule has 3 aromatic rings. The fourth-order valence-corrected chi connectivity index (χ4v) is 2.04. The number of methoxy groups -OCH3 is 1. The van der Waals surface area contributed by atoms with E-state index in [1.807, 2.05) is 24.3 Å². The monoisotopic (exact) mass is 256 g/mol. The first kappa shape index (κ1) is 11.7. The first-order valence-corrected chi connectivity index (χ1v) is 5.80. The van der Waals surface area contributed by atoms with Crippen LogP contribution in [0, 0.1) is 0 Å². The van der Waals surface area contributed by atoms with E-state index in [4.69, 9.17) is 9.15 Å². The Labute approximate surface area is 109 Å². The molecule has 0 fully saturated rings. The summed E-state index contributed by atoms with van der Waals surface area (Å²) in [4.78, 5) is 8.17. The molecule has 19 heavy (non-hydrogen) atoms. The van der Waals surface area contributed by atoms with Crippen LogP contribution in [0.25, 0.3) is 11.0 Å². The summed E-state index contributed by atoms with van der Waals surface area (Å²) >= 11 is 0. The zero-order chi connectivity index (χ0) is 13.2. The third-order valence-electron chi connectivity index (χ3n) is 2.95. The van der Waals surface area contributed by atoms with Crippen LogP contribution < -0.4 is 4.74 Å². The SMILES string of the molecule is COc1nccnc1C(O)c1coc2ccccc12. The average molecular weight is 256 g/mol. The lowest BCUT2D eigenvalue weighted by Gasteiger charge is -2.11. The van der Waals surface area contributed by atoms with Crippen LogP contribution in [0.3, 0.4) is 0 Å². The van der Waals surface area contributed by atoms with Gasteiger partial charge in [-0.2, -0.15) is 0 Å². The first-order chi connectivity index (χ1) is 9.31. The van der Waals surface area contributed by atoms with E-state index >= 15 is 0 Å². The Balaban J connectivity index is 2.11. The van der Waals surface area contributed by atoms with Crippen molar-refractivity contribution in [3.05, 3.63) is 54.2 Å². The molecule has 5 heteroatoms. The van der Waals surface area contributed by atoms with Crippen molar-refractivity contribution < 1.29 is 14.3 Å². The molecule has 1 atom stereocenters. The summed E-state index contributed by atoms with van der Waals surface area (Å²) in [6.07, 6.45) is 3.63. The number of benzene rings is 1. The standard InChI is InChI=1S/C14H12N2O3/c1-18-14-12(15-6-7-16-14)13(17)10-8-19-11-5-3-2-4-9(10)11/h2-8,13,17H,1H3. The van der Waals surface area contributed by atoms with Crippen LogP contribution in [0.1, 0.15) is 17.4 Å². The lowest BCUT2D eigenvalue weighted by Crippen LogP contribution is -2.05. The zero-order valence-electron chi connectivity index (χ0n) is 10.3. The first-order valence-electron chi connectivity index (χ1n) is 5.80. The molecule has 0 radical (unpaired) electrons. The van der Waals surface area contributed by atoms with Gasteiger partial charge in [0.05, 0.1) is 13.4 Å². The molecule has 2 heterocycles. The number of para-hydroxylation sites is 1. The number of hydrogen-bond acceptors (Lipinski definition) is 5. The number of fused-ring (bicyclic) bond motifs is 1. The van der Waals surface area contributed by atoms with Crippen molar-refractivity contribution in [2.75, 3.05) is 7.11 Å². The summed E-state index contributed by atoms with van der Waals surface area (Å²) in [6, 6.07) is 7.51. The number of aliphatic hydroxyl groups excluding tert-OH is 1. The fraction of sp³-hybridized carbons (Fsp3) is 0.143. The minimum Gasteiger partial charge on any atom is -0.480 e. The van der Waals surface area contributed by atoms with Crippen molar-refractivity contribution in [2.45, 2.75) is 6.10 Å². The maximum Gasteiger partial charge on any atom is 0.238 e. The Morgan fingerprint density at radius 3 is 2.84 bits per heavy atom. The molecular formula is C14H12N2O3. The molecule has 0 bridgehead atoms. The third kappa shape index (κ3) is 1.94. The maximum absolute atomic E-state index is 10.4. The molecule has 0 spiro atoms. The fourth-order valence-electron chi connectivity index (χ4n) is 2.04. The second kappa shape index (κ2) is 4.70. The van der Waals surface area contributed by atoms with Crippen LogP contribution in [-0.2, 0) is 0 Å². The van der Waals surface area contributed by atoms with E-state index in [9.17, 15) is 5.11 Å². The zero-order valence-corrected chi connectivity index (χ0v) is 10.3. The molecule has 96 valence electrons. The Morgan fingerprint density at radius 1 is 1.21 bits per heavy atom. The van der Waals surface area contributed by atoms with Gasteiger partial charge < -0.3 is 14.3 Å². The molecular weight excluding hydrogens is 244 g/mol. The number of furan rings is 1. The van der Waals surface area contributed by atoms with Gasteiger partial charge in [-0.1, -0.05) is 18.2 Å². The summed E-state index contributed by atoms with van der Waals surface area (Å²) in [5, 5.41) is 11.3. The predicted molar refractivity (Wildman–Crippen MR) is 68.9 cm³/mol. The molecule has 0 saturated carbocycles. The summed E-state index contributed by atoms with van der Waals surface area (Å²) in [6.45, 7) is 0. The topological polar surface area (TPSA) is 68.4 Å². The van der Waals surface area contributed by atoms with Gasteiger partial charge >= 0.3 is 0 Å². The lowest BCUT2D eigenvalue weighted by atomic mass is 10.1. The molecule has 5 nitrogen and oxygen atoms in total. The van der Waals surface area contributed by atoms with Gasteiger partial charge in [-0.25, -0.2) is 4.98 Å². The molecule has 1 aromatic carbocycles. The quantitative estimate of drug-likeness (QED) is 0.778. The minimum atomic E-state index is -0.938. The maximum atomic E-state index is 10.4. The smallest absolute Gasteiger partial charge is 0.238 e. The van der Waals surface area contributed by atoms with Gasteiger partial charge in [0.15, 0.2) is 0 Å². The van der Waals surface area contributed by atoms with Crippen molar-refractivity contribution in [1.82, 2.24) is 9.97 Å². The van der Waals surface area contributed by atoms with Crippen molar-refractivity contribution >= 4 is 11.0 Å². The summed E-state index contributed by atoms with van der Waals surface area (Å²) in [7, 11) is 1.49. The number of aromatic nitrogens is 2. The van der Waals surface area contributed by atoms with Crippen molar-refractivity contribution in [2.24, 2.45) is 0 Å². The van der Waals surface area contributed by atoms with Crippen molar-refractivity contribution in [3.63, 3.8) is 0 Å². The number of aliphatic hydroxyl groups is 1. The van der Waals surface area contributed by atoms with Crippen LogP contribution >= 0.6 is 0 Å².